The van der Waals surface area contributed by atoms with Gasteiger partial charge in [0.2, 0.25) is 11.2 Å². The molecule has 0 saturated heterocycles. The SMILES string of the molecule is COc1ccc(S(=O)(=O)CCOS(=O)(=O)O)cc1N=Nc1c(S(=O)(=O)[O-])cc2c(S(=O)(=O)[O-])c(Nc3nc(Cl)nc(N=C=[N-])n3)ccc2c1O.[Li+].[Na+].[Na+]. The van der Waals surface area contributed by atoms with Gasteiger partial charge in [-0.15, -0.1) is 16.2 Å². The standard InChI is InChI=1S/C23H18ClN8O14S4.Li.2Na/c1-45-16-5-2-11(47(34,35)7-6-46-50(42,43)44)8-15(16)31-32-18-17(48(36,37)38)9-13-12(19(18)33)3-4-14(20(13)49(39,40)41)27-23-29-21(24)28-22(30-23)26-10-25;;;/h2-5,8-9,33H,6-7H2,1H3,(H,36,37,38)(H,39,40,41)(H,42,43,44)(H,27,28,29,30);;;/q-1;3*+1/p-2. The predicted molar refractivity (Wildman–Crippen MR) is 167 cm³/mol. The zero-order valence-corrected chi connectivity index (χ0v) is 35.3. The first-order valence-electron chi connectivity index (χ1n) is 12.6. The normalized spacial score (nSPS) is 11.9. The number of fused-ring (bicyclic) bond motifs is 1. The largest absolute Gasteiger partial charge is 1.00 e. The van der Waals surface area contributed by atoms with Crippen LogP contribution in [0.25, 0.3) is 16.2 Å². The smallest absolute Gasteiger partial charge is 0.744 e. The third kappa shape index (κ3) is 12.4. The number of halogens is 1. The van der Waals surface area contributed by atoms with Crippen LogP contribution in [0.3, 0.4) is 0 Å². The zero-order valence-electron chi connectivity index (χ0n) is 27.3. The molecular formula is C23H16ClLiN8Na2O14S4. The van der Waals surface area contributed by atoms with E-state index in [1.165, 1.54) is 6.01 Å². The van der Waals surface area contributed by atoms with E-state index in [0.717, 1.165) is 37.4 Å². The van der Waals surface area contributed by atoms with E-state index in [2.05, 4.69) is 39.7 Å². The van der Waals surface area contributed by atoms with Crippen LogP contribution in [0.1, 0.15) is 0 Å². The van der Waals surface area contributed by atoms with Crippen molar-refractivity contribution < 1.29 is 139 Å². The summed E-state index contributed by atoms with van der Waals surface area (Å²) >= 11 is 5.77. The summed E-state index contributed by atoms with van der Waals surface area (Å²) in [5.41, 5.74) is -2.10. The quantitative estimate of drug-likeness (QED) is 0.0487. The van der Waals surface area contributed by atoms with E-state index in [0.29, 0.717) is 6.07 Å². The number of phenols is 1. The molecule has 0 aliphatic carbocycles. The molecule has 0 unspecified atom stereocenters. The number of hydrogen-bond acceptors (Lipinski definition) is 20. The minimum absolute atomic E-state index is 0. The monoisotopic (exact) mass is 844 g/mol. The molecule has 0 fully saturated rings. The first-order valence-corrected chi connectivity index (χ1v) is 18.8. The predicted octanol–water partition coefficient (Wildman–Crippen LogP) is -6.66. The van der Waals surface area contributed by atoms with Crippen LogP contribution in [0.5, 0.6) is 11.5 Å². The number of aromatic hydroxyl groups is 1. The molecule has 22 nitrogen and oxygen atoms in total. The molecule has 0 aliphatic heterocycles. The van der Waals surface area contributed by atoms with Crippen molar-refractivity contribution >= 4 is 97.8 Å². The number of benzene rings is 3. The van der Waals surface area contributed by atoms with Gasteiger partial charge in [-0.05, 0) is 48.0 Å². The number of hydrogen-bond donors (Lipinski definition) is 3. The molecule has 0 spiro atoms. The number of rotatable bonds is 13. The van der Waals surface area contributed by atoms with Crippen molar-refractivity contribution in [2.75, 3.05) is 24.8 Å². The van der Waals surface area contributed by atoms with Crippen molar-refractivity contribution in [2.45, 2.75) is 14.7 Å². The van der Waals surface area contributed by atoms with Gasteiger partial charge in [-0.25, -0.2) is 34.4 Å². The second kappa shape index (κ2) is 19.1. The van der Waals surface area contributed by atoms with Gasteiger partial charge >= 0.3 is 88.4 Å². The average Bonchev–Trinajstić information content (AvgIpc) is 2.98. The van der Waals surface area contributed by atoms with Gasteiger partial charge in [-0.1, -0.05) is 0 Å². The summed E-state index contributed by atoms with van der Waals surface area (Å²) in [6.07, 6.45) is 0. The maximum atomic E-state index is 12.7. The molecule has 0 atom stereocenters. The van der Waals surface area contributed by atoms with Crippen LogP contribution in [0.15, 0.2) is 66.3 Å². The first kappa shape index (κ1) is 48.9. The molecule has 266 valence electrons. The number of ether oxygens (including phenoxy) is 1. The Kier molecular flexibility index (Phi) is 17.6. The summed E-state index contributed by atoms with van der Waals surface area (Å²) < 4.78 is 139. The summed E-state index contributed by atoms with van der Waals surface area (Å²) in [6, 6.07) is 6.64. The third-order valence-corrected chi connectivity index (χ3v) is 10.1. The van der Waals surface area contributed by atoms with E-state index in [9.17, 15) is 47.9 Å². The van der Waals surface area contributed by atoms with Crippen molar-refractivity contribution in [3.8, 4) is 11.5 Å². The summed E-state index contributed by atoms with van der Waals surface area (Å²) in [5.74, 6) is -3.33. The molecule has 1 heterocycles. The Labute approximate surface area is 361 Å². The maximum Gasteiger partial charge on any atom is 1.00 e. The minimum atomic E-state index is -5.66. The molecule has 3 aromatic carbocycles. The summed E-state index contributed by atoms with van der Waals surface area (Å²) in [5, 5.41) is 27.6. The molecule has 0 aliphatic rings. The fourth-order valence-corrected chi connectivity index (χ4v) is 7.19. The number of sulfone groups is 1. The molecule has 0 radical (unpaired) electrons. The van der Waals surface area contributed by atoms with Crippen LogP contribution in [-0.4, -0.2) is 92.9 Å². The molecule has 0 amide bonds. The minimum Gasteiger partial charge on any atom is -0.744 e. The average molecular weight is 845 g/mol. The number of nitrogens with one attached hydrogen (secondary N) is 1. The molecule has 53 heavy (non-hydrogen) atoms. The van der Waals surface area contributed by atoms with Gasteiger partial charge in [0.05, 0.1) is 39.8 Å². The van der Waals surface area contributed by atoms with Crippen molar-refractivity contribution in [2.24, 2.45) is 15.2 Å². The van der Waals surface area contributed by atoms with E-state index in [1.807, 2.05) is 0 Å². The Morgan fingerprint density at radius 3 is 2.17 bits per heavy atom. The topological polar surface area (TPSA) is 352 Å². The van der Waals surface area contributed by atoms with Crippen molar-refractivity contribution in [1.29, 1.82) is 0 Å². The van der Waals surface area contributed by atoms with Gasteiger partial charge in [-0.3, -0.25) is 4.55 Å². The molecule has 3 N–H and O–H groups in total. The van der Waals surface area contributed by atoms with Crippen LogP contribution in [0.4, 0.5) is 29.0 Å². The van der Waals surface area contributed by atoms with E-state index in [-0.39, 0.29) is 83.7 Å². The molecule has 0 bridgehead atoms. The number of anilines is 2. The number of phenolic OH excluding ortho intramolecular Hbond substituents is 1. The van der Waals surface area contributed by atoms with E-state index in [1.54, 1.807) is 0 Å². The summed E-state index contributed by atoms with van der Waals surface area (Å²) in [6.45, 7) is -0.973. The molecule has 0 saturated carbocycles. The van der Waals surface area contributed by atoms with Crippen LogP contribution < -0.4 is 88.0 Å². The van der Waals surface area contributed by atoms with Crippen LogP contribution >= 0.6 is 11.6 Å². The van der Waals surface area contributed by atoms with Crippen molar-refractivity contribution in [3.63, 3.8) is 0 Å². The zero-order chi connectivity index (χ0) is 37.2. The summed E-state index contributed by atoms with van der Waals surface area (Å²) in [7, 11) is -19.4. The fraction of sp³-hybridized carbons (Fsp3) is 0.130. The Balaban J connectivity index is 0.00000468. The van der Waals surface area contributed by atoms with Gasteiger partial charge in [-0.2, -0.15) is 18.4 Å². The molecule has 4 aromatic rings. The summed E-state index contributed by atoms with van der Waals surface area (Å²) in [4.78, 5) is 11.1. The Hall–Kier alpha value is -2.16. The number of nitrogens with zero attached hydrogens (tertiary/aromatic N) is 7. The number of azo groups is 1. The molecular weight excluding hydrogens is 829 g/mol. The van der Waals surface area contributed by atoms with Gasteiger partial charge in [0.1, 0.15) is 37.4 Å². The van der Waals surface area contributed by atoms with E-state index < -0.39 is 118 Å². The molecule has 4 rings (SSSR count). The van der Waals surface area contributed by atoms with Crippen LogP contribution in [0, 0.1) is 0 Å². The van der Waals surface area contributed by atoms with Gasteiger partial charge in [0, 0.05) is 10.8 Å². The Morgan fingerprint density at radius 2 is 1.60 bits per heavy atom. The van der Waals surface area contributed by atoms with Crippen molar-refractivity contribution in [1.82, 2.24) is 15.0 Å². The number of aromatic nitrogens is 3. The van der Waals surface area contributed by atoms with Gasteiger partial charge < -0.3 is 34.7 Å². The van der Waals surface area contributed by atoms with E-state index >= 15 is 0 Å². The second-order valence-corrected chi connectivity index (χ2v) is 15.4. The van der Waals surface area contributed by atoms with Gasteiger partial charge in [0.15, 0.2) is 21.5 Å². The van der Waals surface area contributed by atoms with Crippen molar-refractivity contribution in [3.05, 3.63) is 47.1 Å². The molecule has 1 aromatic heterocycles. The van der Waals surface area contributed by atoms with Gasteiger partial charge in [0.25, 0.3) is 0 Å². The van der Waals surface area contributed by atoms with E-state index in [4.69, 9.17) is 26.3 Å². The first-order chi connectivity index (χ1) is 23.1. The molecule has 30 heteroatoms. The Morgan fingerprint density at radius 1 is 0.943 bits per heavy atom. The maximum absolute atomic E-state index is 12.7. The Bertz CT molecular complexity index is 2580. The number of methoxy groups -OCH3 is 1. The third-order valence-electron chi connectivity index (χ3n) is 6.05. The second-order valence-electron chi connectivity index (χ2n) is 9.18. The number of aliphatic imine (C=N–C) groups is 1. The fourth-order valence-electron chi connectivity index (χ4n) is 4.07. The van der Waals surface area contributed by atoms with Crippen LogP contribution in [0.2, 0.25) is 5.28 Å². The van der Waals surface area contributed by atoms with Crippen LogP contribution in [-0.2, 0) is 44.7 Å².